The van der Waals surface area contributed by atoms with Crippen molar-refractivity contribution in [3.63, 3.8) is 0 Å². The number of unbranched alkanes of at least 4 members (excludes halogenated alkanes) is 2. The fourth-order valence-corrected chi connectivity index (χ4v) is 3.10. The van der Waals surface area contributed by atoms with E-state index in [0.29, 0.717) is 4.31 Å². The molecule has 1 aromatic rings. The average molecular weight is 349 g/mol. The second-order valence-electron chi connectivity index (χ2n) is 5.15. The molecule has 0 aliphatic heterocycles. The molecule has 0 saturated heterocycles. The molecule has 1 aromatic carbocycles. The van der Waals surface area contributed by atoms with Crippen LogP contribution in [0.15, 0.2) is 41.3 Å². The lowest BCUT2D eigenvalue weighted by molar-refractivity contribution is 0.151. The Kier molecular flexibility index (Phi) is 8.07. The molecule has 5 nitrogen and oxygen atoms in total. The number of benzene rings is 1. The van der Waals surface area contributed by atoms with E-state index in [1.165, 1.54) is 18.2 Å². The van der Waals surface area contributed by atoms with Crippen molar-refractivity contribution in [3.8, 4) is 11.8 Å². The summed E-state index contributed by atoms with van der Waals surface area (Å²) in [5.41, 5.74) is 0.931. The number of carbonyl (C=O) groups is 1. The highest BCUT2D eigenvalue weighted by Gasteiger charge is 2.29. The second-order valence-corrected chi connectivity index (χ2v) is 7.01. The van der Waals surface area contributed by atoms with E-state index in [0.717, 1.165) is 31.9 Å². The maximum Gasteiger partial charge on any atom is 0.423 e. The molecule has 0 aliphatic rings. The van der Waals surface area contributed by atoms with Crippen molar-refractivity contribution in [2.45, 2.75) is 38.0 Å². The summed E-state index contributed by atoms with van der Waals surface area (Å²) in [5.74, 6) is 5.79. The van der Waals surface area contributed by atoms with Gasteiger partial charge in [-0.3, -0.25) is 0 Å². The molecule has 1 rings (SSSR count). The predicted molar refractivity (Wildman–Crippen MR) is 93.9 cm³/mol. The normalized spacial score (nSPS) is 11.0. The molecule has 0 spiro atoms. The van der Waals surface area contributed by atoms with Gasteiger partial charge in [0.2, 0.25) is 0 Å². The summed E-state index contributed by atoms with van der Waals surface area (Å²) in [5, 5.41) is 0. The van der Waals surface area contributed by atoms with E-state index in [1.54, 1.807) is 18.2 Å². The second kappa shape index (κ2) is 9.78. The first-order valence-corrected chi connectivity index (χ1v) is 9.18. The van der Waals surface area contributed by atoms with Gasteiger partial charge in [-0.25, -0.2) is 13.2 Å². The number of ether oxygens (including phenoxy) is 1. The first kappa shape index (κ1) is 19.8. The van der Waals surface area contributed by atoms with Crippen LogP contribution in [0.2, 0.25) is 0 Å². The van der Waals surface area contributed by atoms with Gasteiger partial charge in [-0.2, -0.15) is 4.31 Å². The lowest BCUT2D eigenvalue weighted by atomic mass is 10.2. The molecule has 130 valence electrons. The van der Waals surface area contributed by atoms with Crippen LogP contribution in [-0.4, -0.2) is 32.5 Å². The van der Waals surface area contributed by atoms with Crippen molar-refractivity contribution in [1.29, 1.82) is 0 Å². The highest BCUT2D eigenvalue weighted by molar-refractivity contribution is 7.89. The summed E-state index contributed by atoms with van der Waals surface area (Å²) in [7, 11) is -2.82. The van der Waals surface area contributed by atoms with Crippen LogP contribution in [0.1, 0.15) is 31.7 Å². The van der Waals surface area contributed by atoms with Crippen LogP contribution < -0.4 is 0 Å². The Morgan fingerprint density at radius 3 is 2.54 bits per heavy atom. The van der Waals surface area contributed by atoms with Gasteiger partial charge in [-0.15, -0.1) is 0 Å². The van der Waals surface area contributed by atoms with Gasteiger partial charge in [0.05, 0.1) is 18.6 Å². The first-order valence-electron chi connectivity index (χ1n) is 7.74. The summed E-state index contributed by atoms with van der Waals surface area (Å²) in [4.78, 5) is 11.9. The smallest absolute Gasteiger partial charge is 0.423 e. The third-order valence-corrected chi connectivity index (χ3v) is 4.96. The third kappa shape index (κ3) is 5.74. The standard InChI is InChI=1S/C18H23NO4S/c1-4-5-6-7-8-9-10-15-19(18(20)23-3)24(21,22)17-13-11-16(2)12-14-17/h9-14H,4-6,15H2,1-3H3/b10-9+. The predicted octanol–water partition coefficient (Wildman–Crippen LogP) is 3.50. The van der Waals surface area contributed by atoms with Crippen molar-refractivity contribution < 1.29 is 17.9 Å². The average Bonchev–Trinajstić information content (AvgIpc) is 2.57. The van der Waals surface area contributed by atoms with Gasteiger partial charge < -0.3 is 4.74 Å². The van der Waals surface area contributed by atoms with E-state index in [-0.39, 0.29) is 11.4 Å². The fraction of sp³-hybridized carbons (Fsp3) is 0.389. The number of sulfonamides is 1. The van der Waals surface area contributed by atoms with Gasteiger partial charge >= 0.3 is 6.09 Å². The number of hydrogen-bond donors (Lipinski definition) is 0. The highest BCUT2D eigenvalue weighted by atomic mass is 32.2. The SMILES string of the molecule is CCCCC#C/C=C/CN(C(=O)OC)S(=O)(=O)c1ccc(C)cc1. The number of amides is 1. The van der Waals surface area contributed by atoms with Crippen LogP contribution in [0, 0.1) is 18.8 Å². The number of aryl methyl sites for hydroxylation is 1. The lowest BCUT2D eigenvalue weighted by Crippen LogP contribution is -2.37. The van der Waals surface area contributed by atoms with Crippen LogP contribution >= 0.6 is 0 Å². The maximum atomic E-state index is 12.6. The fourth-order valence-electron chi connectivity index (χ4n) is 1.81. The summed E-state index contributed by atoms with van der Waals surface area (Å²) >= 11 is 0. The Hall–Kier alpha value is -2.26. The van der Waals surface area contributed by atoms with Gasteiger partial charge in [-0.1, -0.05) is 49.0 Å². The van der Waals surface area contributed by atoms with Crippen molar-refractivity contribution in [2.75, 3.05) is 13.7 Å². The van der Waals surface area contributed by atoms with E-state index in [9.17, 15) is 13.2 Å². The van der Waals surface area contributed by atoms with E-state index >= 15 is 0 Å². The molecular formula is C18H23NO4S. The molecule has 0 radical (unpaired) electrons. The summed E-state index contributed by atoms with van der Waals surface area (Å²) < 4.78 is 30.5. The molecule has 0 fully saturated rings. The topological polar surface area (TPSA) is 63.7 Å². The number of rotatable bonds is 6. The van der Waals surface area contributed by atoms with Gasteiger partial charge in [0.1, 0.15) is 0 Å². The Bertz CT molecular complexity index is 725. The minimum atomic E-state index is -3.97. The van der Waals surface area contributed by atoms with Crippen LogP contribution in [-0.2, 0) is 14.8 Å². The monoisotopic (exact) mass is 349 g/mol. The van der Waals surface area contributed by atoms with Crippen LogP contribution in [0.25, 0.3) is 0 Å². The zero-order valence-electron chi connectivity index (χ0n) is 14.3. The molecule has 0 unspecified atom stereocenters. The molecule has 24 heavy (non-hydrogen) atoms. The number of hydrogen-bond acceptors (Lipinski definition) is 4. The van der Waals surface area contributed by atoms with Crippen molar-refractivity contribution >= 4 is 16.1 Å². The first-order chi connectivity index (χ1) is 11.4. The van der Waals surface area contributed by atoms with E-state index in [4.69, 9.17) is 0 Å². The Morgan fingerprint density at radius 2 is 1.96 bits per heavy atom. The van der Waals surface area contributed by atoms with E-state index in [2.05, 4.69) is 23.5 Å². The van der Waals surface area contributed by atoms with Crippen LogP contribution in [0.3, 0.4) is 0 Å². The largest absolute Gasteiger partial charge is 0.452 e. The molecule has 0 aliphatic carbocycles. The molecule has 0 N–H and O–H groups in total. The number of allylic oxidation sites excluding steroid dienone is 1. The Morgan fingerprint density at radius 1 is 1.29 bits per heavy atom. The minimum absolute atomic E-state index is 0.0425. The summed E-state index contributed by atoms with van der Waals surface area (Å²) in [6.45, 7) is 3.81. The van der Waals surface area contributed by atoms with Crippen molar-refractivity contribution in [3.05, 3.63) is 42.0 Å². The minimum Gasteiger partial charge on any atom is -0.452 e. The quantitative estimate of drug-likeness (QED) is 0.582. The molecule has 6 heteroatoms. The van der Waals surface area contributed by atoms with Crippen LogP contribution in [0.4, 0.5) is 4.79 Å². The van der Waals surface area contributed by atoms with E-state index < -0.39 is 16.1 Å². The Labute approximate surface area is 144 Å². The van der Waals surface area contributed by atoms with Gasteiger partial charge in [-0.05, 0) is 31.6 Å². The molecule has 0 atom stereocenters. The van der Waals surface area contributed by atoms with Crippen LogP contribution in [0.5, 0.6) is 0 Å². The number of methoxy groups -OCH3 is 1. The van der Waals surface area contributed by atoms with E-state index in [1.807, 2.05) is 6.92 Å². The summed E-state index contributed by atoms with van der Waals surface area (Å²) in [6, 6.07) is 6.29. The lowest BCUT2D eigenvalue weighted by Gasteiger charge is -2.19. The van der Waals surface area contributed by atoms with Gasteiger partial charge in [0, 0.05) is 6.42 Å². The number of carbonyl (C=O) groups excluding carboxylic acids is 1. The zero-order chi connectivity index (χ0) is 18.0. The van der Waals surface area contributed by atoms with Gasteiger partial charge in [0.25, 0.3) is 10.0 Å². The molecule has 1 amide bonds. The zero-order valence-corrected chi connectivity index (χ0v) is 15.1. The molecule has 0 saturated carbocycles. The molecule has 0 bridgehead atoms. The van der Waals surface area contributed by atoms with Crippen molar-refractivity contribution in [2.24, 2.45) is 0 Å². The summed E-state index contributed by atoms with van der Waals surface area (Å²) in [6.07, 6.45) is 5.04. The molecular weight excluding hydrogens is 326 g/mol. The maximum absolute atomic E-state index is 12.6. The highest BCUT2D eigenvalue weighted by Crippen LogP contribution is 2.17. The van der Waals surface area contributed by atoms with Gasteiger partial charge in [0.15, 0.2) is 0 Å². The molecule has 0 heterocycles. The Balaban J connectivity index is 2.92. The third-order valence-electron chi connectivity index (χ3n) is 3.22. The molecule has 0 aromatic heterocycles. The number of nitrogens with zero attached hydrogens (tertiary/aromatic N) is 1. The van der Waals surface area contributed by atoms with Crippen molar-refractivity contribution in [1.82, 2.24) is 4.31 Å².